The molecule has 0 saturated carbocycles. The molecule has 1 N–H and O–H groups in total. The van der Waals surface area contributed by atoms with Gasteiger partial charge in [-0.3, -0.25) is 4.79 Å². The summed E-state index contributed by atoms with van der Waals surface area (Å²) in [6.45, 7) is 3.81. The molecule has 0 unspecified atom stereocenters. The molecule has 0 saturated heterocycles. The number of nitrogens with zero attached hydrogens (tertiary/aromatic N) is 2. The third kappa shape index (κ3) is 3.18. The van der Waals surface area contributed by atoms with E-state index in [0.717, 1.165) is 5.56 Å². The molecular weight excluding hydrogens is 298 g/mol. The number of anilines is 1. The van der Waals surface area contributed by atoms with Crippen LogP contribution in [0, 0.1) is 13.8 Å². The van der Waals surface area contributed by atoms with E-state index in [-0.39, 0.29) is 25.1 Å². The zero-order chi connectivity index (χ0) is 16.4. The molecule has 2 heterocycles. The Kier molecular flexibility index (Phi) is 4.01. The molecule has 0 spiro atoms. The van der Waals surface area contributed by atoms with Crippen LogP contribution in [0.3, 0.4) is 0 Å². The highest BCUT2D eigenvalue weighted by molar-refractivity contribution is 5.93. The first-order valence-electron chi connectivity index (χ1n) is 7.14. The van der Waals surface area contributed by atoms with E-state index in [2.05, 4.69) is 15.3 Å². The monoisotopic (exact) mass is 315 g/mol. The molecule has 3 rings (SSSR count). The second-order valence-corrected chi connectivity index (χ2v) is 5.17. The van der Waals surface area contributed by atoms with E-state index < -0.39 is 0 Å². The Balaban J connectivity index is 1.72. The van der Waals surface area contributed by atoms with Crippen LogP contribution in [0.4, 0.5) is 5.69 Å². The maximum atomic E-state index is 12.3. The van der Waals surface area contributed by atoms with Gasteiger partial charge in [0.2, 0.25) is 12.7 Å². The standard InChI is InChI=1S/C16H17N3O4/c1-9-15(10(2)18-16(17-9)21-3)19-14(20)7-11-4-5-12-13(6-11)23-8-22-12/h4-6H,7-8H2,1-3H3,(H,19,20). The lowest BCUT2D eigenvalue weighted by Crippen LogP contribution is -2.17. The van der Waals surface area contributed by atoms with E-state index in [0.29, 0.717) is 28.6 Å². The number of nitrogens with one attached hydrogen (secondary N) is 1. The number of hydrogen-bond donors (Lipinski definition) is 1. The molecule has 0 radical (unpaired) electrons. The Morgan fingerprint density at radius 3 is 2.61 bits per heavy atom. The highest BCUT2D eigenvalue weighted by Crippen LogP contribution is 2.32. The van der Waals surface area contributed by atoms with Crippen molar-refractivity contribution in [2.75, 3.05) is 19.2 Å². The van der Waals surface area contributed by atoms with Crippen LogP contribution in [0.25, 0.3) is 0 Å². The summed E-state index contributed by atoms with van der Waals surface area (Å²) in [5, 5.41) is 2.85. The largest absolute Gasteiger partial charge is 0.467 e. The van der Waals surface area contributed by atoms with Crippen molar-refractivity contribution in [2.45, 2.75) is 20.3 Å². The van der Waals surface area contributed by atoms with E-state index in [9.17, 15) is 4.79 Å². The van der Waals surface area contributed by atoms with Gasteiger partial charge in [0, 0.05) is 0 Å². The molecule has 0 aliphatic carbocycles. The second kappa shape index (κ2) is 6.12. The van der Waals surface area contributed by atoms with E-state index in [1.54, 1.807) is 19.9 Å². The molecule has 7 nitrogen and oxygen atoms in total. The predicted octanol–water partition coefficient (Wildman–Crippen LogP) is 2.01. The van der Waals surface area contributed by atoms with Crippen molar-refractivity contribution in [3.63, 3.8) is 0 Å². The smallest absolute Gasteiger partial charge is 0.316 e. The summed E-state index contributed by atoms with van der Waals surface area (Å²) in [6, 6.07) is 5.75. The minimum Gasteiger partial charge on any atom is -0.467 e. The van der Waals surface area contributed by atoms with Gasteiger partial charge in [0.05, 0.1) is 30.6 Å². The first-order chi connectivity index (χ1) is 11.1. The van der Waals surface area contributed by atoms with Gasteiger partial charge < -0.3 is 19.5 Å². The fraction of sp³-hybridized carbons (Fsp3) is 0.312. The van der Waals surface area contributed by atoms with Crippen LogP contribution in [-0.2, 0) is 11.2 Å². The van der Waals surface area contributed by atoms with Crippen molar-refractivity contribution in [1.29, 1.82) is 0 Å². The average Bonchev–Trinajstić information content (AvgIpc) is 2.98. The van der Waals surface area contributed by atoms with Crippen molar-refractivity contribution in [3.8, 4) is 17.5 Å². The highest BCUT2D eigenvalue weighted by Gasteiger charge is 2.16. The lowest BCUT2D eigenvalue weighted by molar-refractivity contribution is -0.115. The zero-order valence-electron chi connectivity index (χ0n) is 13.2. The fourth-order valence-corrected chi connectivity index (χ4v) is 2.38. The van der Waals surface area contributed by atoms with Crippen LogP contribution >= 0.6 is 0 Å². The van der Waals surface area contributed by atoms with Crippen molar-refractivity contribution < 1.29 is 19.0 Å². The number of aryl methyl sites for hydroxylation is 2. The lowest BCUT2D eigenvalue weighted by Gasteiger charge is -2.11. The number of benzene rings is 1. The summed E-state index contributed by atoms with van der Waals surface area (Å²) in [5.74, 6) is 1.21. The summed E-state index contributed by atoms with van der Waals surface area (Å²) in [7, 11) is 1.51. The van der Waals surface area contributed by atoms with Crippen LogP contribution < -0.4 is 19.5 Å². The first kappa shape index (κ1) is 15.1. The van der Waals surface area contributed by atoms with Gasteiger partial charge in [0.1, 0.15) is 0 Å². The van der Waals surface area contributed by atoms with Gasteiger partial charge in [-0.1, -0.05) is 6.07 Å². The fourth-order valence-electron chi connectivity index (χ4n) is 2.38. The average molecular weight is 315 g/mol. The van der Waals surface area contributed by atoms with Gasteiger partial charge in [0.15, 0.2) is 11.5 Å². The Morgan fingerprint density at radius 2 is 1.91 bits per heavy atom. The topological polar surface area (TPSA) is 82.6 Å². The number of carbonyl (C=O) groups excluding carboxylic acids is 1. The van der Waals surface area contributed by atoms with Gasteiger partial charge in [-0.25, -0.2) is 0 Å². The highest BCUT2D eigenvalue weighted by atomic mass is 16.7. The number of aromatic nitrogens is 2. The van der Waals surface area contributed by atoms with Gasteiger partial charge in [-0.15, -0.1) is 0 Å². The summed E-state index contributed by atoms with van der Waals surface area (Å²) in [5.41, 5.74) is 2.77. The Bertz CT molecular complexity index is 738. The maximum absolute atomic E-state index is 12.3. The Labute approximate surface area is 133 Å². The number of hydrogen-bond acceptors (Lipinski definition) is 6. The molecular formula is C16H17N3O4. The van der Waals surface area contributed by atoms with Crippen LogP contribution in [0.1, 0.15) is 17.0 Å². The number of rotatable bonds is 4. The van der Waals surface area contributed by atoms with Crippen LogP contribution in [0.15, 0.2) is 18.2 Å². The number of ether oxygens (including phenoxy) is 3. The minimum atomic E-state index is -0.149. The Morgan fingerprint density at radius 1 is 1.22 bits per heavy atom. The summed E-state index contributed by atoms with van der Waals surface area (Å²) < 4.78 is 15.6. The van der Waals surface area contributed by atoms with Crippen LogP contribution in [0.5, 0.6) is 17.5 Å². The predicted molar refractivity (Wildman–Crippen MR) is 83.0 cm³/mol. The molecule has 0 fully saturated rings. The quantitative estimate of drug-likeness (QED) is 0.929. The molecule has 0 atom stereocenters. The van der Waals surface area contributed by atoms with Gasteiger partial charge >= 0.3 is 6.01 Å². The number of methoxy groups -OCH3 is 1. The Hall–Kier alpha value is -2.83. The molecule has 0 bridgehead atoms. The van der Waals surface area contributed by atoms with E-state index in [1.807, 2.05) is 12.1 Å². The van der Waals surface area contributed by atoms with Gasteiger partial charge in [-0.2, -0.15) is 9.97 Å². The third-order valence-electron chi connectivity index (χ3n) is 3.50. The molecule has 7 heteroatoms. The van der Waals surface area contributed by atoms with Crippen molar-refractivity contribution in [2.24, 2.45) is 0 Å². The summed E-state index contributed by atoms with van der Waals surface area (Å²) in [4.78, 5) is 20.6. The van der Waals surface area contributed by atoms with Crippen LogP contribution in [0.2, 0.25) is 0 Å². The molecule has 1 aromatic heterocycles. The second-order valence-electron chi connectivity index (χ2n) is 5.17. The third-order valence-corrected chi connectivity index (χ3v) is 3.50. The molecule has 1 aromatic carbocycles. The van der Waals surface area contributed by atoms with Crippen molar-refractivity contribution in [1.82, 2.24) is 9.97 Å². The van der Waals surface area contributed by atoms with E-state index in [1.165, 1.54) is 7.11 Å². The summed E-state index contributed by atoms with van der Waals surface area (Å²) in [6.07, 6.45) is 0.224. The lowest BCUT2D eigenvalue weighted by atomic mass is 10.1. The zero-order valence-corrected chi connectivity index (χ0v) is 13.2. The van der Waals surface area contributed by atoms with Crippen molar-refractivity contribution in [3.05, 3.63) is 35.2 Å². The minimum absolute atomic E-state index is 0.149. The number of amides is 1. The molecule has 120 valence electrons. The number of carbonyl (C=O) groups is 1. The van der Waals surface area contributed by atoms with Gasteiger partial charge in [0.25, 0.3) is 0 Å². The van der Waals surface area contributed by atoms with Crippen molar-refractivity contribution >= 4 is 11.6 Å². The van der Waals surface area contributed by atoms with E-state index in [4.69, 9.17) is 14.2 Å². The molecule has 23 heavy (non-hydrogen) atoms. The first-order valence-corrected chi connectivity index (χ1v) is 7.14. The SMILES string of the molecule is COc1nc(C)c(NC(=O)Cc2ccc3c(c2)OCO3)c(C)n1. The molecule has 1 aliphatic rings. The number of fused-ring (bicyclic) bond motifs is 1. The molecule has 1 aliphatic heterocycles. The molecule has 1 amide bonds. The molecule has 2 aromatic rings. The normalized spacial score (nSPS) is 12.1. The van der Waals surface area contributed by atoms with Crippen LogP contribution in [-0.4, -0.2) is 29.8 Å². The maximum Gasteiger partial charge on any atom is 0.316 e. The van der Waals surface area contributed by atoms with Gasteiger partial charge in [-0.05, 0) is 31.5 Å². The summed E-state index contributed by atoms with van der Waals surface area (Å²) >= 11 is 0. The van der Waals surface area contributed by atoms with E-state index >= 15 is 0 Å².